The van der Waals surface area contributed by atoms with Gasteiger partial charge in [-0.2, -0.15) is 13.2 Å². The minimum atomic E-state index is -5.15. The van der Waals surface area contributed by atoms with E-state index in [1.54, 1.807) is 40.5 Å². The molecule has 1 heterocycles. The Morgan fingerprint density at radius 1 is 1.00 bits per heavy atom. The van der Waals surface area contributed by atoms with Crippen LogP contribution in [0.1, 0.15) is 24.0 Å². The standard InChI is InChI=1S/C25H25F3IN3O3/c1-16(29)14-20(23(34)32-13-7-11-18-10-5-6-12-21(18)32)30-22(33)19(31-24(35)25(26,27)28)15-17-8-3-2-4-9-17/h2-6,8-10,12,19-20H,1,7,11,13-15H2,(H,30,33)(H,31,35)/t19-,20+/m0/s1. The first-order chi connectivity index (χ1) is 16.6. The van der Waals surface area contributed by atoms with Crippen LogP contribution in [0.4, 0.5) is 18.9 Å². The molecular weight excluding hydrogens is 574 g/mol. The van der Waals surface area contributed by atoms with Crippen LogP contribution in [0.5, 0.6) is 0 Å². The Kier molecular flexibility index (Phi) is 8.92. The zero-order valence-electron chi connectivity index (χ0n) is 18.8. The van der Waals surface area contributed by atoms with Crippen molar-refractivity contribution in [3.05, 3.63) is 75.9 Å². The number of amides is 3. The van der Waals surface area contributed by atoms with Crippen LogP contribution in [0.3, 0.4) is 0 Å². The molecule has 0 fully saturated rings. The summed E-state index contributed by atoms with van der Waals surface area (Å²) in [5.41, 5.74) is 2.31. The molecule has 0 radical (unpaired) electrons. The van der Waals surface area contributed by atoms with Crippen molar-refractivity contribution in [2.45, 2.75) is 43.9 Å². The van der Waals surface area contributed by atoms with E-state index >= 15 is 0 Å². The molecule has 0 spiro atoms. The molecule has 0 saturated carbocycles. The molecule has 1 aliphatic heterocycles. The summed E-state index contributed by atoms with van der Waals surface area (Å²) in [6, 6.07) is 13.2. The van der Waals surface area contributed by atoms with Crippen LogP contribution in [0.2, 0.25) is 0 Å². The first-order valence-corrected chi connectivity index (χ1v) is 12.1. The number of carbonyl (C=O) groups excluding carboxylic acids is 3. The summed E-state index contributed by atoms with van der Waals surface area (Å²) >= 11 is 1.94. The molecule has 186 valence electrons. The molecule has 3 amide bonds. The van der Waals surface area contributed by atoms with Gasteiger partial charge in [-0.25, -0.2) is 0 Å². The number of benzene rings is 2. The fraction of sp³-hybridized carbons (Fsp3) is 0.320. The predicted molar refractivity (Wildman–Crippen MR) is 135 cm³/mol. The lowest BCUT2D eigenvalue weighted by Crippen LogP contribution is -2.57. The summed E-state index contributed by atoms with van der Waals surface area (Å²) in [6.07, 6.45) is -3.67. The summed E-state index contributed by atoms with van der Waals surface area (Å²) in [5.74, 6) is -3.49. The molecule has 0 unspecified atom stereocenters. The van der Waals surface area contributed by atoms with Crippen molar-refractivity contribution in [2.75, 3.05) is 11.4 Å². The van der Waals surface area contributed by atoms with E-state index in [0.29, 0.717) is 15.7 Å². The van der Waals surface area contributed by atoms with Gasteiger partial charge < -0.3 is 15.5 Å². The minimum Gasteiger partial charge on any atom is -0.342 e. The summed E-state index contributed by atoms with van der Waals surface area (Å²) in [4.78, 5) is 39.9. The Morgan fingerprint density at radius 2 is 1.66 bits per heavy atom. The number of anilines is 1. The van der Waals surface area contributed by atoms with Gasteiger partial charge in [-0.15, -0.1) is 0 Å². The van der Waals surface area contributed by atoms with Gasteiger partial charge in [0.1, 0.15) is 12.1 Å². The van der Waals surface area contributed by atoms with Crippen molar-refractivity contribution in [2.24, 2.45) is 0 Å². The van der Waals surface area contributed by atoms with Gasteiger partial charge in [-0.1, -0.05) is 55.1 Å². The maximum absolute atomic E-state index is 13.5. The molecular formula is C25H25F3IN3O3. The number of carbonyl (C=O) groups is 3. The summed E-state index contributed by atoms with van der Waals surface area (Å²) in [7, 11) is 0. The Morgan fingerprint density at radius 3 is 2.31 bits per heavy atom. The second-order valence-electron chi connectivity index (χ2n) is 8.22. The number of hydrogen-bond donors (Lipinski definition) is 2. The van der Waals surface area contributed by atoms with Gasteiger partial charge in [-0.3, -0.25) is 14.4 Å². The summed E-state index contributed by atoms with van der Waals surface area (Å²) in [5, 5.41) is 4.35. The van der Waals surface area contributed by atoms with Crippen LogP contribution in [-0.2, 0) is 27.2 Å². The summed E-state index contributed by atoms with van der Waals surface area (Å²) < 4.78 is 39.4. The van der Waals surface area contributed by atoms with Crippen LogP contribution in [-0.4, -0.2) is 42.5 Å². The van der Waals surface area contributed by atoms with Crippen molar-refractivity contribution < 1.29 is 27.6 Å². The summed E-state index contributed by atoms with van der Waals surface area (Å²) in [6.45, 7) is 4.27. The average Bonchev–Trinajstić information content (AvgIpc) is 2.82. The van der Waals surface area contributed by atoms with Gasteiger partial charge in [0.05, 0.1) is 0 Å². The van der Waals surface area contributed by atoms with E-state index in [1.807, 2.05) is 46.9 Å². The Hall–Kier alpha value is -2.89. The zero-order valence-corrected chi connectivity index (χ0v) is 20.9. The third-order valence-electron chi connectivity index (χ3n) is 5.58. The van der Waals surface area contributed by atoms with Gasteiger partial charge in [-0.05, 0) is 56.2 Å². The molecule has 3 rings (SSSR count). The van der Waals surface area contributed by atoms with E-state index in [-0.39, 0.29) is 18.7 Å². The lowest BCUT2D eigenvalue weighted by molar-refractivity contribution is -0.174. The SMILES string of the molecule is C=C(I)C[C@@H](NC(=O)[C@H](Cc1ccccc1)NC(=O)C(F)(F)F)C(=O)N1CCCc2ccccc21. The van der Waals surface area contributed by atoms with Gasteiger partial charge in [0, 0.05) is 25.1 Å². The predicted octanol–water partition coefficient (Wildman–Crippen LogP) is 4.08. The molecule has 0 aromatic heterocycles. The molecule has 2 atom stereocenters. The topological polar surface area (TPSA) is 78.5 Å². The fourth-order valence-electron chi connectivity index (χ4n) is 3.94. The van der Waals surface area contributed by atoms with Gasteiger partial charge in [0.15, 0.2) is 0 Å². The lowest BCUT2D eigenvalue weighted by Gasteiger charge is -2.33. The molecule has 2 N–H and O–H groups in total. The van der Waals surface area contributed by atoms with Crippen LogP contribution >= 0.6 is 22.6 Å². The zero-order chi connectivity index (χ0) is 25.6. The number of para-hydroxylation sites is 1. The highest BCUT2D eigenvalue weighted by molar-refractivity contribution is 14.1. The Labute approximate surface area is 215 Å². The van der Waals surface area contributed by atoms with E-state index in [0.717, 1.165) is 24.1 Å². The fourth-order valence-corrected chi connectivity index (χ4v) is 4.38. The van der Waals surface area contributed by atoms with E-state index < -0.39 is 30.1 Å². The highest BCUT2D eigenvalue weighted by atomic mass is 127. The molecule has 0 bridgehead atoms. The number of rotatable bonds is 8. The largest absolute Gasteiger partial charge is 0.471 e. The molecule has 2 aromatic carbocycles. The third kappa shape index (κ3) is 7.30. The third-order valence-corrected chi connectivity index (χ3v) is 6.02. The Bertz CT molecular complexity index is 1090. The maximum Gasteiger partial charge on any atom is 0.471 e. The van der Waals surface area contributed by atoms with E-state index in [2.05, 4.69) is 11.9 Å². The Balaban J connectivity index is 1.84. The monoisotopic (exact) mass is 599 g/mol. The number of aryl methyl sites for hydroxylation is 1. The average molecular weight is 599 g/mol. The number of fused-ring (bicyclic) bond motifs is 1. The molecule has 35 heavy (non-hydrogen) atoms. The van der Waals surface area contributed by atoms with Crippen molar-refractivity contribution >= 4 is 46.0 Å². The van der Waals surface area contributed by atoms with Crippen LogP contribution in [0, 0.1) is 0 Å². The number of hydrogen-bond acceptors (Lipinski definition) is 3. The molecule has 0 aliphatic carbocycles. The number of nitrogens with zero attached hydrogens (tertiary/aromatic N) is 1. The van der Waals surface area contributed by atoms with E-state index in [1.165, 1.54) is 0 Å². The molecule has 0 saturated heterocycles. The molecule has 2 aromatic rings. The van der Waals surface area contributed by atoms with Crippen molar-refractivity contribution in [1.82, 2.24) is 10.6 Å². The van der Waals surface area contributed by atoms with E-state index in [4.69, 9.17) is 0 Å². The highest BCUT2D eigenvalue weighted by Crippen LogP contribution is 2.28. The van der Waals surface area contributed by atoms with Crippen molar-refractivity contribution in [3.8, 4) is 0 Å². The van der Waals surface area contributed by atoms with Gasteiger partial charge in [0.25, 0.3) is 0 Å². The van der Waals surface area contributed by atoms with Gasteiger partial charge in [0.2, 0.25) is 11.8 Å². The normalized spacial score (nSPS) is 14.9. The van der Waals surface area contributed by atoms with E-state index in [9.17, 15) is 27.6 Å². The van der Waals surface area contributed by atoms with Crippen molar-refractivity contribution in [3.63, 3.8) is 0 Å². The first kappa shape index (κ1) is 26.7. The highest BCUT2D eigenvalue weighted by Gasteiger charge is 2.41. The molecule has 10 heteroatoms. The second kappa shape index (κ2) is 11.7. The van der Waals surface area contributed by atoms with Crippen LogP contribution in [0.15, 0.2) is 64.8 Å². The quantitative estimate of drug-likeness (QED) is 0.450. The number of halogens is 4. The number of nitrogens with one attached hydrogen (secondary N) is 2. The number of alkyl halides is 3. The first-order valence-electron chi connectivity index (χ1n) is 11.0. The van der Waals surface area contributed by atoms with Crippen molar-refractivity contribution in [1.29, 1.82) is 0 Å². The minimum absolute atomic E-state index is 0.0923. The smallest absolute Gasteiger partial charge is 0.342 e. The maximum atomic E-state index is 13.5. The molecule has 6 nitrogen and oxygen atoms in total. The second-order valence-corrected chi connectivity index (χ2v) is 9.74. The lowest BCUT2D eigenvalue weighted by atomic mass is 10.00. The van der Waals surface area contributed by atoms with Gasteiger partial charge >= 0.3 is 12.1 Å². The van der Waals surface area contributed by atoms with Crippen LogP contribution in [0.25, 0.3) is 0 Å². The molecule has 1 aliphatic rings. The van der Waals surface area contributed by atoms with Crippen LogP contribution < -0.4 is 15.5 Å².